The lowest BCUT2D eigenvalue weighted by Crippen LogP contribution is -2.50. The number of hydrogen-bond donors (Lipinski definition) is 1. The number of rotatable bonds is 3. The maximum absolute atomic E-state index is 12.5. The SMILES string of the molecule is COc1ccccc1NC(=O)N1CCN(c2cccc(Cl)c2)CC1. The van der Waals surface area contributed by atoms with E-state index in [0.29, 0.717) is 24.5 Å². The summed E-state index contributed by atoms with van der Waals surface area (Å²) in [4.78, 5) is 16.5. The van der Waals surface area contributed by atoms with Crippen LogP contribution in [0.5, 0.6) is 5.75 Å². The monoisotopic (exact) mass is 345 g/mol. The summed E-state index contributed by atoms with van der Waals surface area (Å²) in [5, 5.41) is 3.64. The fourth-order valence-corrected chi connectivity index (χ4v) is 2.97. The molecule has 0 spiro atoms. The molecule has 2 aromatic rings. The smallest absolute Gasteiger partial charge is 0.322 e. The Kier molecular flexibility index (Phi) is 5.11. The van der Waals surface area contributed by atoms with Gasteiger partial charge in [-0.05, 0) is 30.3 Å². The van der Waals surface area contributed by atoms with E-state index in [1.54, 1.807) is 7.11 Å². The van der Waals surface area contributed by atoms with Gasteiger partial charge in [-0.25, -0.2) is 4.79 Å². The van der Waals surface area contributed by atoms with Gasteiger partial charge in [-0.2, -0.15) is 0 Å². The molecule has 1 aliphatic rings. The topological polar surface area (TPSA) is 44.8 Å². The zero-order valence-corrected chi connectivity index (χ0v) is 14.3. The summed E-state index contributed by atoms with van der Waals surface area (Å²) in [6.07, 6.45) is 0. The lowest BCUT2D eigenvalue weighted by Gasteiger charge is -2.36. The highest BCUT2D eigenvalue weighted by Gasteiger charge is 2.22. The van der Waals surface area contributed by atoms with Crippen molar-refractivity contribution in [2.45, 2.75) is 0 Å². The van der Waals surface area contributed by atoms with Crippen LogP contribution in [0.25, 0.3) is 0 Å². The zero-order valence-electron chi connectivity index (χ0n) is 13.5. The van der Waals surface area contributed by atoms with Gasteiger partial charge in [0.05, 0.1) is 12.8 Å². The van der Waals surface area contributed by atoms with Crippen LogP contribution in [-0.4, -0.2) is 44.2 Å². The molecule has 1 heterocycles. The second-order valence-electron chi connectivity index (χ2n) is 5.58. The van der Waals surface area contributed by atoms with Crippen LogP contribution in [0.1, 0.15) is 0 Å². The molecule has 5 nitrogen and oxygen atoms in total. The number of ether oxygens (including phenoxy) is 1. The Hall–Kier alpha value is -2.40. The number of nitrogens with zero attached hydrogens (tertiary/aromatic N) is 2. The lowest BCUT2D eigenvalue weighted by molar-refractivity contribution is 0.208. The third kappa shape index (κ3) is 3.74. The first-order valence-corrected chi connectivity index (χ1v) is 8.24. The first-order valence-electron chi connectivity index (χ1n) is 7.87. The van der Waals surface area contributed by atoms with E-state index in [9.17, 15) is 4.79 Å². The molecule has 1 N–H and O–H groups in total. The Morgan fingerprint density at radius 1 is 1.08 bits per heavy atom. The minimum atomic E-state index is -0.106. The molecule has 2 amide bonds. The van der Waals surface area contributed by atoms with Crippen molar-refractivity contribution in [2.24, 2.45) is 0 Å². The molecule has 0 aliphatic carbocycles. The Bertz CT molecular complexity index is 715. The van der Waals surface area contributed by atoms with Gasteiger partial charge in [0.1, 0.15) is 5.75 Å². The zero-order chi connectivity index (χ0) is 16.9. The van der Waals surface area contributed by atoms with E-state index in [0.717, 1.165) is 23.8 Å². The molecule has 0 unspecified atom stereocenters. The van der Waals surface area contributed by atoms with Crippen LogP contribution in [0.3, 0.4) is 0 Å². The molecule has 1 aliphatic heterocycles. The van der Waals surface area contributed by atoms with Gasteiger partial charge in [-0.15, -0.1) is 0 Å². The van der Waals surface area contributed by atoms with E-state index in [1.165, 1.54) is 0 Å². The van der Waals surface area contributed by atoms with Crippen molar-refractivity contribution in [1.82, 2.24) is 4.90 Å². The number of halogens is 1. The van der Waals surface area contributed by atoms with Gasteiger partial charge in [0.2, 0.25) is 0 Å². The highest BCUT2D eigenvalue weighted by Crippen LogP contribution is 2.24. The Balaban J connectivity index is 1.59. The number of anilines is 2. The predicted molar refractivity (Wildman–Crippen MR) is 97.3 cm³/mol. The molecule has 0 aromatic heterocycles. The van der Waals surface area contributed by atoms with Gasteiger partial charge in [-0.3, -0.25) is 0 Å². The minimum Gasteiger partial charge on any atom is -0.495 e. The van der Waals surface area contributed by atoms with Crippen LogP contribution in [0, 0.1) is 0 Å². The molecule has 1 saturated heterocycles. The number of benzene rings is 2. The summed E-state index contributed by atoms with van der Waals surface area (Å²) < 4.78 is 5.27. The van der Waals surface area contributed by atoms with E-state index in [1.807, 2.05) is 53.4 Å². The number of carbonyl (C=O) groups is 1. The van der Waals surface area contributed by atoms with Gasteiger partial charge in [0.25, 0.3) is 0 Å². The molecule has 0 bridgehead atoms. The molecule has 3 rings (SSSR count). The fraction of sp³-hybridized carbons (Fsp3) is 0.278. The van der Waals surface area contributed by atoms with Crippen molar-refractivity contribution in [3.63, 3.8) is 0 Å². The van der Waals surface area contributed by atoms with E-state index in [4.69, 9.17) is 16.3 Å². The minimum absolute atomic E-state index is 0.106. The highest BCUT2D eigenvalue weighted by atomic mass is 35.5. The molecule has 0 radical (unpaired) electrons. The van der Waals surface area contributed by atoms with Gasteiger partial charge in [0, 0.05) is 36.9 Å². The number of nitrogens with one attached hydrogen (secondary N) is 1. The van der Waals surface area contributed by atoms with Crippen LogP contribution < -0.4 is 15.0 Å². The van der Waals surface area contributed by atoms with Gasteiger partial charge < -0.3 is 19.9 Å². The van der Waals surface area contributed by atoms with Crippen molar-refractivity contribution < 1.29 is 9.53 Å². The summed E-state index contributed by atoms with van der Waals surface area (Å²) in [5.74, 6) is 0.656. The third-order valence-electron chi connectivity index (χ3n) is 4.09. The molecule has 6 heteroatoms. The molecule has 126 valence electrons. The molecule has 2 aromatic carbocycles. The second-order valence-corrected chi connectivity index (χ2v) is 6.02. The van der Waals surface area contributed by atoms with Crippen LogP contribution in [0.4, 0.5) is 16.2 Å². The molecule has 0 saturated carbocycles. The number of amides is 2. The summed E-state index contributed by atoms with van der Waals surface area (Å²) in [6, 6.07) is 15.1. The van der Waals surface area contributed by atoms with E-state index >= 15 is 0 Å². The standard InChI is InChI=1S/C18H20ClN3O2/c1-24-17-8-3-2-7-16(17)20-18(23)22-11-9-21(10-12-22)15-6-4-5-14(19)13-15/h2-8,13H,9-12H2,1H3,(H,20,23). The molecular weight excluding hydrogens is 326 g/mol. The van der Waals surface area contributed by atoms with Crippen molar-refractivity contribution in [3.05, 3.63) is 53.6 Å². The number of carbonyl (C=O) groups excluding carboxylic acids is 1. The molecule has 1 fully saturated rings. The van der Waals surface area contributed by atoms with Crippen molar-refractivity contribution >= 4 is 29.0 Å². The van der Waals surface area contributed by atoms with Gasteiger partial charge >= 0.3 is 6.03 Å². The number of urea groups is 1. The van der Waals surface area contributed by atoms with Crippen molar-refractivity contribution in [2.75, 3.05) is 43.5 Å². The van der Waals surface area contributed by atoms with Crippen LogP contribution in [0.2, 0.25) is 5.02 Å². The summed E-state index contributed by atoms with van der Waals surface area (Å²) in [7, 11) is 1.59. The summed E-state index contributed by atoms with van der Waals surface area (Å²) in [6.45, 7) is 2.88. The van der Waals surface area contributed by atoms with E-state index < -0.39 is 0 Å². The summed E-state index contributed by atoms with van der Waals surface area (Å²) >= 11 is 6.05. The van der Waals surface area contributed by atoms with Crippen molar-refractivity contribution in [3.8, 4) is 5.75 Å². The van der Waals surface area contributed by atoms with Crippen LogP contribution in [-0.2, 0) is 0 Å². The van der Waals surface area contributed by atoms with E-state index in [2.05, 4.69) is 10.2 Å². The second kappa shape index (κ2) is 7.45. The number of hydrogen-bond acceptors (Lipinski definition) is 3. The predicted octanol–water partition coefficient (Wildman–Crippen LogP) is 3.70. The quantitative estimate of drug-likeness (QED) is 0.922. The highest BCUT2D eigenvalue weighted by molar-refractivity contribution is 6.30. The Morgan fingerprint density at radius 2 is 1.83 bits per heavy atom. The number of para-hydroxylation sites is 2. The average molecular weight is 346 g/mol. The maximum atomic E-state index is 12.5. The lowest BCUT2D eigenvalue weighted by atomic mass is 10.2. The molecular formula is C18H20ClN3O2. The largest absolute Gasteiger partial charge is 0.495 e. The van der Waals surface area contributed by atoms with E-state index in [-0.39, 0.29) is 6.03 Å². The summed E-state index contributed by atoms with van der Waals surface area (Å²) in [5.41, 5.74) is 1.77. The Morgan fingerprint density at radius 3 is 2.54 bits per heavy atom. The Labute approximate surface area is 146 Å². The molecule has 24 heavy (non-hydrogen) atoms. The first kappa shape index (κ1) is 16.5. The van der Waals surface area contributed by atoms with Crippen LogP contribution >= 0.6 is 11.6 Å². The van der Waals surface area contributed by atoms with Crippen LogP contribution in [0.15, 0.2) is 48.5 Å². The average Bonchev–Trinajstić information content (AvgIpc) is 2.62. The van der Waals surface area contributed by atoms with Gasteiger partial charge in [-0.1, -0.05) is 29.8 Å². The number of methoxy groups -OCH3 is 1. The fourth-order valence-electron chi connectivity index (χ4n) is 2.78. The number of piperazine rings is 1. The normalized spacial score (nSPS) is 14.4. The molecule has 0 atom stereocenters. The third-order valence-corrected chi connectivity index (χ3v) is 4.32. The maximum Gasteiger partial charge on any atom is 0.322 e. The first-order chi connectivity index (χ1) is 11.7. The van der Waals surface area contributed by atoms with Crippen molar-refractivity contribution in [1.29, 1.82) is 0 Å². The van der Waals surface area contributed by atoms with Gasteiger partial charge in [0.15, 0.2) is 0 Å².